The van der Waals surface area contributed by atoms with E-state index in [0.29, 0.717) is 5.69 Å². The summed E-state index contributed by atoms with van der Waals surface area (Å²) in [6.45, 7) is 0. The zero-order chi connectivity index (χ0) is 18.0. The van der Waals surface area contributed by atoms with E-state index in [2.05, 4.69) is 20.8 Å². The SMILES string of the molecule is NS(=O)(=O)c1cc(F)cc(NC(=O)c2cccc(-n3cnnn3)c2)c1. The van der Waals surface area contributed by atoms with Crippen molar-refractivity contribution in [3.8, 4) is 5.69 Å². The molecular weight excluding hydrogens is 351 g/mol. The smallest absolute Gasteiger partial charge is 0.255 e. The Morgan fingerprint density at radius 1 is 1.20 bits per heavy atom. The maximum atomic E-state index is 13.6. The van der Waals surface area contributed by atoms with Crippen LogP contribution < -0.4 is 10.5 Å². The molecule has 0 fully saturated rings. The molecular formula is C14H11FN6O3S. The zero-order valence-corrected chi connectivity index (χ0v) is 13.3. The van der Waals surface area contributed by atoms with Crippen molar-refractivity contribution in [3.05, 3.63) is 60.2 Å². The third kappa shape index (κ3) is 3.84. The van der Waals surface area contributed by atoms with Gasteiger partial charge >= 0.3 is 0 Å². The highest BCUT2D eigenvalue weighted by atomic mass is 32.2. The largest absolute Gasteiger partial charge is 0.322 e. The van der Waals surface area contributed by atoms with Gasteiger partial charge in [0.2, 0.25) is 10.0 Å². The van der Waals surface area contributed by atoms with Crippen LogP contribution in [0, 0.1) is 5.82 Å². The van der Waals surface area contributed by atoms with Crippen LogP contribution >= 0.6 is 0 Å². The first kappa shape index (κ1) is 16.7. The number of anilines is 1. The van der Waals surface area contributed by atoms with Gasteiger partial charge in [-0.1, -0.05) is 6.07 Å². The molecule has 1 amide bonds. The number of carbonyl (C=O) groups excluding carboxylic acids is 1. The lowest BCUT2D eigenvalue weighted by atomic mass is 10.2. The fraction of sp³-hybridized carbons (Fsp3) is 0. The van der Waals surface area contributed by atoms with E-state index in [1.54, 1.807) is 12.1 Å². The summed E-state index contributed by atoms with van der Waals surface area (Å²) in [5.41, 5.74) is 0.749. The third-order valence-electron chi connectivity index (χ3n) is 3.18. The van der Waals surface area contributed by atoms with Gasteiger partial charge in [-0.15, -0.1) is 5.10 Å². The number of sulfonamides is 1. The third-order valence-corrected chi connectivity index (χ3v) is 4.07. The lowest BCUT2D eigenvalue weighted by molar-refractivity contribution is 0.102. The molecule has 0 aliphatic rings. The van der Waals surface area contributed by atoms with Crippen molar-refractivity contribution >= 4 is 21.6 Å². The van der Waals surface area contributed by atoms with Gasteiger partial charge in [0, 0.05) is 11.3 Å². The minimum absolute atomic E-state index is 0.0400. The normalized spacial score (nSPS) is 11.3. The van der Waals surface area contributed by atoms with E-state index in [1.807, 2.05) is 0 Å². The number of hydrogen-bond donors (Lipinski definition) is 2. The first-order valence-corrected chi connectivity index (χ1v) is 8.36. The second-order valence-electron chi connectivity index (χ2n) is 4.98. The molecule has 9 nitrogen and oxygen atoms in total. The van der Waals surface area contributed by atoms with Crippen molar-refractivity contribution in [2.45, 2.75) is 4.90 Å². The maximum Gasteiger partial charge on any atom is 0.255 e. The Bertz CT molecular complexity index is 1040. The molecule has 0 saturated carbocycles. The summed E-state index contributed by atoms with van der Waals surface area (Å²) in [5.74, 6) is -1.41. The molecule has 1 heterocycles. The predicted octanol–water partition coefficient (Wildman–Crippen LogP) is 0.701. The van der Waals surface area contributed by atoms with Gasteiger partial charge in [-0.25, -0.2) is 22.6 Å². The van der Waals surface area contributed by atoms with E-state index in [-0.39, 0.29) is 11.3 Å². The molecule has 0 unspecified atom stereocenters. The number of nitrogens with one attached hydrogen (secondary N) is 1. The number of aromatic nitrogens is 4. The van der Waals surface area contributed by atoms with Gasteiger partial charge in [0.1, 0.15) is 12.1 Å². The van der Waals surface area contributed by atoms with E-state index < -0.39 is 26.6 Å². The molecule has 0 aliphatic heterocycles. The van der Waals surface area contributed by atoms with Gasteiger partial charge in [-0.3, -0.25) is 4.79 Å². The number of hydrogen-bond acceptors (Lipinski definition) is 6. The number of nitrogens with zero attached hydrogens (tertiary/aromatic N) is 4. The topological polar surface area (TPSA) is 133 Å². The number of benzene rings is 2. The Hall–Kier alpha value is -3.18. The number of nitrogens with two attached hydrogens (primary N) is 1. The first-order chi connectivity index (χ1) is 11.8. The van der Waals surface area contributed by atoms with Crippen LogP contribution in [0.25, 0.3) is 5.69 Å². The van der Waals surface area contributed by atoms with Crippen LogP contribution in [0.4, 0.5) is 10.1 Å². The fourth-order valence-corrected chi connectivity index (χ4v) is 2.64. The van der Waals surface area contributed by atoms with Crippen molar-refractivity contribution in [1.29, 1.82) is 0 Å². The highest BCUT2D eigenvalue weighted by Gasteiger charge is 2.14. The summed E-state index contributed by atoms with van der Waals surface area (Å²) in [5, 5.41) is 18.1. The van der Waals surface area contributed by atoms with Crippen LogP contribution in [-0.2, 0) is 10.0 Å². The standard InChI is InChI=1S/C14H11FN6O3S/c15-10-5-11(7-13(6-10)25(16,23)24)18-14(22)9-2-1-3-12(4-9)21-8-17-19-20-21/h1-8H,(H,18,22)(H2,16,23,24). The van der Waals surface area contributed by atoms with Crippen molar-refractivity contribution in [2.24, 2.45) is 5.14 Å². The molecule has 11 heteroatoms. The van der Waals surface area contributed by atoms with Crippen LogP contribution in [0.3, 0.4) is 0 Å². The molecule has 25 heavy (non-hydrogen) atoms. The van der Waals surface area contributed by atoms with Gasteiger partial charge in [0.25, 0.3) is 5.91 Å². The van der Waals surface area contributed by atoms with E-state index in [1.165, 1.54) is 23.1 Å². The van der Waals surface area contributed by atoms with Crippen LogP contribution in [-0.4, -0.2) is 34.5 Å². The van der Waals surface area contributed by atoms with E-state index in [9.17, 15) is 17.6 Å². The second-order valence-corrected chi connectivity index (χ2v) is 6.54. The lowest BCUT2D eigenvalue weighted by Gasteiger charge is -2.08. The van der Waals surface area contributed by atoms with Gasteiger partial charge < -0.3 is 5.32 Å². The van der Waals surface area contributed by atoms with Gasteiger partial charge in [0.15, 0.2) is 0 Å². The van der Waals surface area contributed by atoms with Crippen molar-refractivity contribution in [2.75, 3.05) is 5.32 Å². The highest BCUT2D eigenvalue weighted by molar-refractivity contribution is 7.89. The molecule has 0 saturated heterocycles. The van der Waals surface area contributed by atoms with Crippen molar-refractivity contribution in [3.63, 3.8) is 0 Å². The summed E-state index contributed by atoms with van der Waals surface area (Å²) in [7, 11) is -4.10. The summed E-state index contributed by atoms with van der Waals surface area (Å²) < 4.78 is 37.6. The van der Waals surface area contributed by atoms with Gasteiger partial charge in [-0.05, 0) is 46.8 Å². The molecule has 0 atom stereocenters. The summed E-state index contributed by atoms with van der Waals surface area (Å²) >= 11 is 0. The molecule has 0 bridgehead atoms. The average Bonchev–Trinajstić information content (AvgIpc) is 3.08. The highest BCUT2D eigenvalue weighted by Crippen LogP contribution is 2.18. The quantitative estimate of drug-likeness (QED) is 0.702. The Morgan fingerprint density at radius 3 is 2.68 bits per heavy atom. The minimum Gasteiger partial charge on any atom is -0.322 e. The number of primary sulfonamides is 1. The Labute approximate surface area is 141 Å². The number of carbonyl (C=O) groups is 1. The molecule has 0 spiro atoms. The summed E-state index contributed by atoms with van der Waals surface area (Å²) in [4.78, 5) is 11.9. The molecule has 1 aromatic heterocycles. The Balaban J connectivity index is 1.88. The summed E-state index contributed by atoms with van der Waals surface area (Å²) in [6, 6.07) is 9.18. The molecule has 0 radical (unpaired) electrons. The van der Waals surface area contributed by atoms with Crippen LogP contribution in [0.5, 0.6) is 0 Å². The number of tetrazole rings is 1. The number of rotatable bonds is 4. The van der Waals surface area contributed by atoms with Crippen molar-refractivity contribution < 1.29 is 17.6 Å². The minimum atomic E-state index is -4.10. The maximum absolute atomic E-state index is 13.6. The molecule has 3 rings (SSSR count). The van der Waals surface area contributed by atoms with E-state index >= 15 is 0 Å². The fourth-order valence-electron chi connectivity index (χ4n) is 2.07. The van der Waals surface area contributed by atoms with Crippen LogP contribution in [0.2, 0.25) is 0 Å². The summed E-state index contributed by atoms with van der Waals surface area (Å²) in [6.07, 6.45) is 1.36. The van der Waals surface area contributed by atoms with Crippen molar-refractivity contribution in [1.82, 2.24) is 20.2 Å². The Kier molecular flexibility index (Phi) is 4.25. The second kappa shape index (κ2) is 6.37. The molecule has 0 aliphatic carbocycles. The molecule has 3 aromatic rings. The molecule has 128 valence electrons. The molecule has 3 N–H and O–H groups in total. The first-order valence-electron chi connectivity index (χ1n) is 6.81. The lowest BCUT2D eigenvalue weighted by Crippen LogP contribution is -2.15. The van der Waals surface area contributed by atoms with Gasteiger partial charge in [0.05, 0.1) is 10.6 Å². The van der Waals surface area contributed by atoms with E-state index in [4.69, 9.17) is 5.14 Å². The van der Waals surface area contributed by atoms with Gasteiger partial charge in [-0.2, -0.15) is 0 Å². The average molecular weight is 362 g/mol. The number of amides is 1. The van der Waals surface area contributed by atoms with Crippen LogP contribution in [0.1, 0.15) is 10.4 Å². The molecule has 2 aromatic carbocycles. The predicted molar refractivity (Wildman–Crippen MR) is 84.9 cm³/mol. The Morgan fingerprint density at radius 2 is 2.00 bits per heavy atom. The monoisotopic (exact) mass is 362 g/mol. The van der Waals surface area contributed by atoms with Crippen LogP contribution in [0.15, 0.2) is 53.7 Å². The van der Waals surface area contributed by atoms with E-state index in [0.717, 1.165) is 18.2 Å². The number of halogens is 1. The zero-order valence-electron chi connectivity index (χ0n) is 12.5.